The summed E-state index contributed by atoms with van der Waals surface area (Å²) in [6, 6.07) is 20.9. The zero-order valence-corrected chi connectivity index (χ0v) is 15.6. The van der Waals surface area contributed by atoms with E-state index in [1.807, 2.05) is 66.7 Å². The van der Waals surface area contributed by atoms with Gasteiger partial charge in [-0.25, -0.2) is 0 Å². The molecule has 0 aliphatic carbocycles. The van der Waals surface area contributed by atoms with E-state index in [1.54, 1.807) is 0 Å². The normalized spacial score (nSPS) is 10.5. The van der Waals surface area contributed by atoms with E-state index in [0.717, 1.165) is 21.8 Å². The molecule has 25 heavy (non-hydrogen) atoms. The van der Waals surface area contributed by atoms with Crippen LogP contribution >= 0.6 is 34.8 Å². The Hall–Kier alpha value is -1.87. The average Bonchev–Trinajstić information content (AvgIpc) is 2.60. The molecule has 3 aromatic carbocycles. The number of halogens is 3. The van der Waals surface area contributed by atoms with Crippen LogP contribution in [-0.2, 0) is 13.2 Å². The van der Waals surface area contributed by atoms with Gasteiger partial charge in [0, 0.05) is 22.3 Å². The van der Waals surface area contributed by atoms with E-state index in [1.165, 1.54) is 0 Å². The van der Waals surface area contributed by atoms with Crippen molar-refractivity contribution in [1.82, 2.24) is 0 Å². The van der Waals surface area contributed by atoms with Crippen LogP contribution in [0.1, 0.15) is 11.1 Å². The van der Waals surface area contributed by atoms with Crippen molar-refractivity contribution >= 4 is 40.5 Å². The van der Waals surface area contributed by atoms with Crippen molar-refractivity contribution in [3.63, 3.8) is 0 Å². The maximum atomic E-state index is 6.33. The Balaban J connectivity index is 1.59. The molecule has 0 bridgehead atoms. The molecule has 0 aromatic heterocycles. The van der Waals surface area contributed by atoms with E-state index in [9.17, 15) is 0 Å². The van der Waals surface area contributed by atoms with E-state index in [0.29, 0.717) is 28.9 Å². The lowest BCUT2D eigenvalue weighted by Crippen LogP contribution is -2.00. The van der Waals surface area contributed by atoms with Gasteiger partial charge in [-0.05, 0) is 59.7 Å². The van der Waals surface area contributed by atoms with E-state index >= 15 is 0 Å². The van der Waals surface area contributed by atoms with Gasteiger partial charge in [-0.1, -0.05) is 53.0 Å². The summed E-state index contributed by atoms with van der Waals surface area (Å²) >= 11 is 18.2. The summed E-state index contributed by atoms with van der Waals surface area (Å²) in [5, 5.41) is 5.32. The minimum atomic E-state index is 0.419. The highest BCUT2D eigenvalue weighted by Gasteiger charge is 2.05. The van der Waals surface area contributed by atoms with Crippen LogP contribution in [0, 0.1) is 0 Å². The van der Waals surface area contributed by atoms with Gasteiger partial charge in [0.1, 0.15) is 12.4 Å². The van der Waals surface area contributed by atoms with Crippen LogP contribution < -0.4 is 10.1 Å². The van der Waals surface area contributed by atoms with Crippen LogP contribution in [0.25, 0.3) is 0 Å². The van der Waals surface area contributed by atoms with E-state index < -0.39 is 0 Å². The topological polar surface area (TPSA) is 21.3 Å². The molecule has 0 amide bonds. The molecule has 0 radical (unpaired) electrons. The molecular weight excluding hydrogens is 377 g/mol. The first-order valence-electron chi connectivity index (χ1n) is 7.75. The number of hydrogen-bond acceptors (Lipinski definition) is 2. The third-order valence-corrected chi connectivity index (χ3v) is 4.40. The molecule has 3 rings (SSSR count). The molecule has 3 aromatic rings. The van der Waals surface area contributed by atoms with Gasteiger partial charge in [0.05, 0.1) is 5.02 Å². The predicted molar refractivity (Wildman–Crippen MR) is 106 cm³/mol. The molecule has 0 aliphatic rings. The Labute approximate surface area is 162 Å². The Kier molecular flexibility index (Phi) is 6.09. The first-order chi connectivity index (χ1) is 12.1. The minimum Gasteiger partial charge on any atom is -0.487 e. The van der Waals surface area contributed by atoms with Crippen molar-refractivity contribution in [2.24, 2.45) is 0 Å². The van der Waals surface area contributed by atoms with Crippen LogP contribution in [0.4, 0.5) is 5.69 Å². The third-order valence-electron chi connectivity index (χ3n) is 3.62. The Bertz CT molecular complexity index is 850. The smallest absolute Gasteiger partial charge is 0.138 e. The monoisotopic (exact) mass is 391 g/mol. The summed E-state index contributed by atoms with van der Waals surface area (Å²) in [4.78, 5) is 0. The lowest BCUT2D eigenvalue weighted by atomic mass is 10.2. The summed E-state index contributed by atoms with van der Waals surface area (Å²) in [7, 11) is 0. The highest BCUT2D eigenvalue weighted by atomic mass is 35.5. The van der Waals surface area contributed by atoms with Gasteiger partial charge < -0.3 is 10.1 Å². The molecule has 2 nitrogen and oxygen atoms in total. The number of nitrogens with one attached hydrogen (secondary N) is 1. The molecule has 0 spiro atoms. The number of hydrogen-bond donors (Lipinski definition) is 1. The van der Waals surface area contributed by atoms with Crippen LogP contribution in [0.5, 0.6) is 5.75 Å². The SMILES string of the molecule is Clc1ccc(NCc2ccc(OCc3cccc(Cl)c3)c(Cl)c2)cc1. The van der Waals surface area contributed by atoms with E-state index in [4.69, 9.17) is 39.5 Å². The second-order valence-electron chi connectivity index (χ2n) is 5.54. The standard InChI is InChI=1S/C20H16Cl3NO/c21-16-5-7-18(8-6-16)24-12-14-4-9-20(19(23)11-14)25-13-15-2-1-3-17(22)10-15/h1-11,24H,12-13H2. The number of benzene rings is 3. The predicted octanol–water partition coefficient (Wildman–Crippen LogP) is 6.84. The fourth-order valence-electron chi connectivity index (χ4n) is 2.33. The molecule has 0 saturated heterocycles. The highest BCUT2D eigenvalue weighted by Crippen LogP contribution is 2.27. The largest absolute Gasteiger partial charge is 0.487 e. The van der Waals surface area contributed by atoms with Gasteiger partial charge in [0.2, 0.25) is 0 Å². The molecule has 0 saturated carbocycles. The average molecular weight is 393 g/mol. The second kappa shape index (κ2) is 8.48. The van der Waals surface area contributed by atoms with Gasteiger partial charge in [0.25, 0.3) is 0 Å². The molecule has 0 unspecified atom stereocenters. The summed E-state index contributed by atoms with van der Waals surface area (Å²) in [5.41, 5.74) is 3.06. The Morgan fingerprint density at radius 2 is 1.56 bits per heavy atom. The van der Waals surface area contributed by atoms with E-state index in [-0.39, 0.29) is 0 Å². The number of anilines is 1. The molecule has 5 heteroatoms. The van der Waals surface area contributed by atoms with Crippen molar-refractivity contribution in [2.75, 3.05) is 5.32 Å². The lowest BCUT2D eigenvalue weighted by molar-refractivity contribution is 0.306. The summed E-state index contributed by atoms with van der Waals surface area (Å²) in [6.07, 6.45) is 0. The van der Waals surface area contributed by atoms with Crippen molar-refractivity contribution in [3.05, 3.63) is 92.9 Å². The Morgan fingerprint density at radius 1 is 0.760 bits per heavy atom. The van der Waals surface area contributed by atoms with Crippen LogP contribution in [0.2, 0.25) is 15.1 Å². The van der Waals surface area contributed by atoms with E-state index in [2.05, 4.69) is 5.32 Å². The highest BCUT2D eigenvalue weighted by molar-refractivity contribution is 6.32. The van der Waals surface area contributed by atoms with Crippen LogP contribution in [0.15, 0.2) is 66.7 Å². The van der Waals surface area contributed by atoms with Gasteiger partial charge in [-0.3, -0.25) is 0 Å². The first-order valence-corrected chi connectivity index (χ1v) is 8.89. The minimum absolute atomic E-state index is 0.419. The van der Waals surface area contributed by atoms with Gasteiger partial charge in [-0.2, -0.15) is 0 Å². The fraction of sp³-hybridized carbons (Fsp3) is 0.100. The number of rotatable bonds is 6. The molecule has 128 valence electrons. The van der Waals surface area contributed by atoms with Gasteiger partial charge in [0.15, 0.2) is 0 Å². The summed E-state index contributed by atoms with van der Waals surface area (Å²) in [5.74, 6) is 0.650. The molecule has 0 heterocycles. The van der Waals surface area contributed by atoms with Crippen molar-refractivity contribution < 1.29 is 4.74 Å². The molecule has 0 fully saturated rings. The molecule has 1 N–H and O–H groups in total. The van der Waals surface area contributed by atoms with Crippen LogP contribution in [0.3, 0.4) is 0 Å². The maximum absolute atomic E-state index is 6.33. The van der Waals surface area contributed by atoms with Crippen molar-refractivity contribution in [1.29, 1.82) is 0 Å². The Morgan fingerprint density at radius 3 is 2.28 bits per heavy atom. The lowest BCUT2D eigenvalue weighted by Gasteiger charge is -2.11. The molecular formula is C20H16Cl3NO. The fourth-order valence-corrected chi connectivity index (χ4v) is 2.93. The van der Waals surface area contributed by atoms with Crippen LogP contribution in [-0.4, -0.2) is 0 Å². The maximum Gasteiger partial charge on any atom is 0.138 e. The third kappa shape index (κ3) is 5.30. The quantitative estimate of drug-likeness (QED) is 0.496. The first kappa shape index (κ1) is 17.9. The summed E-state index contributed by atoms with van der Waals surface area (Å²) < 4.78 is 5.78. The summed E-state index contributed by atoms with van der Waals surface area (Å²) in [6.45, 7) is 1.08. The number of ether oxygens (including phenoxy) is 1. The van der Waals surface area contributed by atoms with Gasteiger partial charge >= 0.3 is 0 Å². The zero-order valence-electron chi connectivity index (χ0n) is 13.3. The molecule has 0 atom stereocenters. The second-order valence-corrected chi connectivity index (χ2v) is 6.82. The zero-order chi connectivity index (χ0) is 17.6. The van der Waals surface area contributed by atoms with Gasteiger partial charge in [-0.15, -0.1) is 0 Å². The molecule has 0 aliphatic heterocycles. The van der Waals surface area contributed by atoms with Crippen molar-refractivity contribution in [2.45, 2.75) is 13.2 Å². The van der Waals surface area contributed by atoms with Crippen molar-refractivity contribution in [3.8, 4) is 5.75 Å².